The zero-order valence-electron chi connectivity index (χ0n) is 15.3. The number of carbonyl (C=O) groups is 2. The summed E-state index contributed by atoms with van der Waals surface area (Å²) in [6.07, 6.45) is 0. The van der Waals surface area contributed by atoms with E-state index in [0.717, 1.165) is 11.1 Å². The Labute approximate surface area is 144 Å². The van der Waals surface area contributed by atoms with Crippen molar-refractivity contribution in [1.29, 1.82) is 0 Å². The van der Waals surface area contributed by atoms with E-state index in [9.17, 15) is 9.59 Å². The second-order valence-corrected chi connectivity index (χ2v) is 6.77. The maximum absolute atomic E-state index is 13.0. The Balaban J connectivity index is 2.08. The molecule has 6 heteroatoms. The minimum atomic E-state index is -0.291. The molecule has 0 spiro atoms. The van der Waals surface area contributed by atoms with Crippen molar-refractivity contribution >= 4 is 11.9 Å². The molecule has 6 nitrogen and oxygen atoms in total. The van der Waals surface area contributed by atoms with Crippen LogP contribution in [0.1, 0.15) is 17.2 Å². The normalized spacial score (nSPS) is 16.2. The van der Waals surface area contributed by atoms with E-state index >= 15 is 0 Å². The highest BCUT2D eigenvalue weighted by Gasteiger charge is 2.31. The number of rotatable bonds is 3. The van der Waals surface area contributed by atoms with Gasteiger partial charge in [0.25, 0.3) is 0 Å². The summed E-state index contributed by atoms with van der Waals surface area (Å²) in [5.41, 5.74) is 2.16. The van der Waals surface area contributed by atoms with E-state index < -0.39 is 0 Å². The van der Waals surface area contributed by atoms with E-state index in [1.807, 2.05) is 49.0 Å². The molecule has 1 saturated heterocycles. The summed E-state index contributed by atoms with van der Waals surface area (Å²) in [5, 5.41) is 0. The van der Waals surface area contributed by atoms with Crippen molar-refractivity contribution in [3.05, 3.63) is 35.4 Å². The standard InChI is InChI=1S/C18H28N4O2/c1-14-7-6-8-15(13-14)16(19(2)3)17(23)21-9-11-22(12-10-21)18(24)20(4)5/h6-8,13,16H,9-12H2,1-5H3/t16-/m0/s1. The monoisotopic (exact) mass is 332 g/mol. The molecule has 1 aliphatic heterocycles. The van der Waals surface area contributed by atoms with Crippen LogP contribution in [0, 0.1) is 6.92 Å². The molecular weight excluding hydrogens is 304 g/mol. The summed E-state index contributed by atoms with van der Waals surface area (Å²) in [4.78, 5) is 32.2. The lowest BCUT2D eigenvalue weighted by molar-refractivity contribution is -0.137. The number of hydrogen-bond donors (Lipinski definition) is 0. The third-order valence-electron chi connectivity index (χ3n) is 4.35. The molecule has 0 aliphatic carbocycles. The molecule has 0 saturated carbocycles. The van der Waals surface area contributed by atoms with Crippen LogP contribution in [-0.2, 0) is 4.79 Å². The van der Waals surface area contributed by atoms with Crippen molar-refractivity contribution in [2.75, 3.05) is 54.4 Å². The first kappa shape index (κ1) is 18.3. The average molecular weight is 332 g/mol. The number of urea groups is 1. The summed E-state index contributed by atoms with van der Waals surface area (Å²) in [6, 6.07) is 7.80. The van der Waals surface area contributed by atoms with Gasteiger partial charge in [-0.25, -0.2) is 4.79 Å². The van der Waals surface area contributed by atoms with Gasteiger partial charge in [0.2, 0.25) is 5.91 Å². The van der Waals surface area contributed by atoms with Gasteiger partial charge in [-0.2, -0.15) is 0 Å². The summed E-state index contributed by atoms with van der Waals surface area (Å²) < 4.78 is 0. The van der Waals surface area contributed by atoms with Gasteiger partial charge < -0.3 is 14.7 Å². The number of nitrogens with zero attached hydrogens (tertiary/aromatic N) is 4. The van der Waals surface area contributed by atoms with E-state index in [0.29, 0.717) is 26.2 Å². The summed E-state index contributed by atoms with van der Waals surface area (Å²) >= 11 is 0. The number of amides is 3. The van der Waals surface area contributed by atoms with Crippen LogP contribution in [-0.4, -0.2) is 85.9 Å². The van der Waals surface area contributed by atoms with Crippen molar-refractivity contribution in [3.63, 3.8) is 0 Å². The van der Waals surface area contributed by atoms with Crippen molar-refractivity contribution in [3.8, 4) is 0 Å². The van der Waals surface area contributed by atoms with Gasteiger partial charge in [0, 0.05) is 40.3 Å². The molecule has 1 fully saturated rings. The van der Waals surface area contributed by atoms with Crippen LogP contribution in [0.25, 0.3) is 0 Å². The lowest BCUT2D eigenvalue weighted by Gasteiger charge is -2.38. The Kier molecular flexibility index (Phi) is 5.83. The molecule has 1 aromatic carbocycles. The Morgan fingerprint density at radius 2 is 1.58 bits per heavy atom. The summed E-state index contributed by atoms with van der Waals surface area (Å²) in [6.45, 7) is 4.35. The number of piperazine rings is 1. The molecule has 1 atom stereocenters. The molecule has 3 amide bonds. The Hall–Kier alpha value is -2.08. The quantitative estimate of drug-likeness (QED) is 0.841. The highest BCUT2D eigenvalue weighted by molar-refractivity contribution is 5.84. The lowest BCUT2D eigenvalue weighted by Crippen LogP contribution is -2.54. The molecule has 2 rings (SSSR count). The van der Waals surface area contributed by atoms with Gasteiger partial charge in [-0.1, -0.05) is 29.8 Å². The first-order valence-corrected chi connectivity index (χ1v) is 8.29. The molecule has 1 aliphatic rings. The Morgan fingerprint density at radius 1 is 1.00 bits per heavy atom. The summed E-state index contributed by atoms with van der Waals surface area (Å²) in [5.74, 6) is 0.0996. The Morgan fingerprint density at radius 3 is 2.08 bits per heavy atom. The number of hydrogen-bond acceptors (Lipinski definition) is 3. The van der Waals surface area contributed by atoms with Crippen LogP contribution < -0.4 is 0 Å². The summed E-state index contributed by atoms with van der Waals surface area (Å²) in [7, 11) is 7.35. The molecule has 0 N–H and O–H groups in total. The van der Waals surface area contributed by atoms with Crippen LogP contribution in [0.5, 0.6) is 0 Å². The molecule has 1 aromatic rings. The Bertz CT molecular complexity index is 592. The minimum Gasteiger partial charge on any atom is -0.337 e. The van der Waals surface area contributed by atoms with E-state index in [1.54, 1.807) is 23.9 Å². The predicted molar refractivity (Wildman–Crippen MR) is 94.8 cm³/mol. The van der Waals surface area contributed by atoms with E-state index in [-0.39, 0.29) is 18.0 Å². The SMILES string of the molecule is Cc1cccc([C@@H](C(=O)N2CCN(C(=O)N(C)C)CC2)N(C)C)c1. The van der Waals surface area contributed by atoms with Gasteiger partial charge in [-0.3, -0.25) is 9.69 Å². The molecule has 132 valence electrons. The van der Waals surface area contributed by atoms with Crippen LogP contribution in [0.2, 0.25) is 0 Å². The minimum absolute atomic E-state index is 0.00458. The van der Waals surface area contributed by atoms with Crippen molar-refractivity contribution in [2.45, 2.75) is 13.0 Å². The molecule has 0 aromatic heterocycles. The second-order valence-electron chi connectivity index (χ2n) is 6.77. The third-order valence-corrected chi connectivity index (χ3v) is 4.35. The van der Waals surface area contributed by atoms with Gasteiger partial charge in [-0.05, 0) is 26.6 Å². The molecule has 1 heterocycles. The van der Waals surface area contributed by atoms with E-state index in [2.05, 4.69) is 6.07 Å². The highest BCUT2D eigenvalue weighted by atomic mass is 16.2. The molecule has 0 radical (unpaired) electrons. The van der Waals surface area contributed by atoms with Crippen LogP contribution >= 0.6 is 0 Å². The van der Waals surface area contributed by atoms with Gasteiger partial charge in [0.1, 0.15) is 6.04 Å². The van der Waals surface area contributed by atoms with Gasteiger partial charge in [0.05, 0.1) is 0 Å². The maximum Gasteiger partial charge on any atom is 0.319 e. The van der Waals surface area contributed by atoms with Crippen LogP contribution in [0.3, 0.4) is 0 Å². The third kappa shape index (κ3) is 4.06. The first-order valence-electron chi connectivity index (χ1n) is 8.29. The second kappa shape index (κ2) is 7.66. The number of carbonyl (C=O) groups excluding carboxylic acids is 2. The lowest BCUT2D eigenvalue weighted by atomic mass is 10.0. The molecule has 0 bridgehead atoms. The van der Waals surface area contributed by atoms with E-state index in [4.69, 9.17) is 0 Å². The van der Waals surface area contributed by atoms with Gasteiger partial charge in [-0.15, -0.1) is 0 Å². The number of benzene rings is 1. The fraction of sp³-hybridized carbons (Fsp3) is 0.556. The maximum atomic E-state index is 13.0. The predicted octanol–water partition coefficient (Wildman–Crippen LogP) is 1.42. The average Bonchev–Trinajstić information content (AvgIpc) is 2.54. The zero-order valence-corrected chi connectivity index (χ0v) is 15.3. The fourth-order valence-electron chi connectivity index (χ4n) is 3.08. The smallest absolute Gasteiger partial charge is 0.319 e. The number of likely N-dealkylation sites (N-methyl/N-ethyl adjacent to an activating group) is 1. The zero-order chi connectivity index (χ0) is 17.9. The van der Waals surface area contributed by atoms with Crippen molar-refractivity contribution < 1.29 is 9.59 Å². The highest BCUT2D eigenvalue weighted by Crippen LogP contribution is 2.22. The molecule has 0 unspecified atom stereocenters. The van der Waals surface area contributed by atoms with Gasteiger partial charge >= 0.3 is 6.03 Å². The number of aryl methyl sites for hydroxylation is 1. The van der Waals surface area contributed by atoms with Crippen molar-refractivity contribution in [2.24, 2.45) is 0 Å². The van der Waals surface area contributed by atoms with Crippen molar-refractivity contribution in [1.82, 2.24) is 19.6 Å². The largest absolute Gasteiger partial charge is 0.337 e. The topological polar surface area (TPSA) is 47.1 Å². The fourth-order valence-corrected chi connectivity index (χ4v) is 3.08. The molecule has 24 heavy (non-hydrogen) atoms. The van der Waals surface area contributed by atoms with Crippen LogP contribution in [0.4, 0.5) is 4.79 Å². The molecular formula is C18H28N4O2. The van der Waals surface area contributed by atoms with Crippen LogP contribution in [0.15, 0.2) is 24.3 Å². The van der Waals surface area contributed by atoms with Gasteiger partial charge in [0.15, 0.2) is 0 Å². The van der Waals surface area contributed by atoms with E-state index in [1.165, 1.54) is 0 Å². The first-order chi connectivity index (χ1) is 11.3.